The summed E-state index contributed by atoms with van der Waals surface area (Å²) in [6.07, 6.45) is 6.14. The Labute approximate surface area is 124 Å². The number of rotatable bonds is 2. The maximum atomic E-state index is 12.5. The Morgan fingerprint density at radius 2 is 2.05 bits per heavy atom. The fourth-order valence-corrected chi connectivity index (χ4v) is 3.53. The lowest BCUT2D eigenvalue weighted by molar-refractivity contribution is 0.0672. The molecule has 0 aliphatic carbocycles. The normalized spacial score (nSPS) is 23.5. The van der Waals surface area contributed by atoms with Gasteiger partial charge in [0.05, 0.1) is 0 Å². The minimum Gasteiger partial charge on any atom is -0.364 e. The minimum atomic E-state index is -0.184. The van der Waals surface area contributed by atoms with Crippen LogP contribution in [0.2, 0.25) is 0 Å². The summed E-state index contributed by atoms with van der Waals surface area (Å²) in [5.41, 5.74) is 0.858. The van der Waals surface area contributed by atoms with Crippen molar-refractivity contribution < 1.29 is 4.79 Å². The lowest BCUT2D eigenvalue weighted by Crippen LogP contribution is -2.44. The number of aromatic nitrogens is 1. The Morgan fingerprint density at radius 3 is 2.67 bits per heavy atom. The van der Waals surface area contributed by atoms with Crippen molar-refractivity contribution in [3.05, 3.63) is 33.7 Å². The van der Waals surface area contributed by atoms with Crippen LogP contribution < -0.4 is 10.7 Å². The van der Waals surface area contributed by atoms with Gasteiger partial charge in [0.15, 0.2) is 5.43 Å². The van der Waals surface area contributed by atoms with Crippen molar-refractivity contribution >= 4 is 5.91 Å². The Bertz CT molecular complexity index is 567. The second kappa shape index (κ2) is 6.02. The van der Waals surface area contributed by atoms with Gasteiger partial charge in [-0.2, -0.15) is 0 Å². The van der Waals surface area contributed by atoms with Gasteiger partial charge < -0.3 is 15.2 Å². The van der Waals surface area contributed by atoms with Gasteiger partial charge in [0.2, 0.25) is 0 Å². The number of aryl methyl sites for hydroxylation is 1. The van der Waals surface area contributed by atoms with Crippen LogP contribution in [0.1, 0.15) is 41.7 Å². The van der Waals surface area contributed by atoms with Crippen molar-refractivity contribution in [3.63, 3.8) is 0 Å². The number of carbonyl (C=O) groups is 1. The number of carbonyl (C=O) groups excluding carboxylic acids is 1. The van der Waals surface area contributed by atoms with Crippen LogP contribution in [0.3, 0.4) is 0 Å². The van der Waals surface area contributed by atoms with Crippen LogP contribution >= 0.6 is 0 Å². The largest absolute Gasteiger partial charge is 0.364 e. The highest BCUT2D eigenvalue weighted by Crippen LogP contribution is 2.26. The molecule has 1 aromatic rings. The van der Waals surface area contributed by atoms with E-state index in [1.807, 2.05) is 11.8 Å². The van der Waals surface area contributed by atoms with Gasteiger partial charge in [0.25, 0.3) is 5.91 Å². The third kappa shape index (κ3) is 3.02. The zero-order valence-electron chi connectivity index (χ0n) is 12.5. The number of H-pyrrole nitrogens is 1. The molecule has 0 aromatic carbocycles. The van der Waals surface area contributed by atoms with Crippen LogP contribution in [0.15, 0.2) is 17.1 Å². The van der Waals surface area contributed by atoms with E-state index >= 15 is 0 Å². The summed E-state index contributed by atoms with van der Waals surface area (Å²) in [6, 6.07) is 2.12. The summed E-state index contributed by atoms with van der Waals surface area (Å²) in [5, 5.41) is 3.56. The van der Waals surface area contributed by atoms with Crippen molar-refractivity contribution in [1.29, 1.82) is 0 Å². The Hall–Kier alpha value is -1.62. The van der Waals surface area contributed by atoms with Crippen LogP contribution in [0.4, 0.5) is 0 Å². The molecule has 2 aliphatic rings. The summed E-state index contributed by atoms with van der Waals surface area (Å²) in [4.78, 5) is 29.2. The average Bonchev–Trinajstić information content (AvgIpc) is 3.01. The molecule has 3 rings (SSSR count). The van der Waals surface area contributed by atoms with E-state index in [0.29, 0.717) is 12.0 Å². The molecule has 3 heterocycles. The van der Waals surface area contributed by atoms with Crippen LogP contribution in [-0.4, -0.2) is 41.5 Å². The average molecular weight is 289 g/mol. The monoisotopic (exact) mass is 289 g/mol. The van der Waals surface area contributed by atoms with E-state index in [9.17, 15) is 9.59 Å². The molecule has 5 nitrogen and oxygen atoms in total. The van der Waals surface area contributed by atoms with Gasteiger partial charge in [0, 0.05) is 37.1 Å². The molecule has 2 N–H and O–H groups in total. The lowest BCUT2D eigenvalue weighted by atomic mass is 9.88. The fraction of sp³-hybridized carbons (Fsp3) is 0.625. The van der Waals surface area contributed by atoms with Crippen molar-refractivity contribution in [1.82, 2.24) is 15.2 Å². The lowest BCUT2D eigenvalue weighted by Gasteiger charge is -2.34. The highest BCUT2D eigenvalue weighted by molar-refractivity contribution is 5.93. The van der Waals surface area contributed by atoms with Crippen LogP contribution in [0.25, 0.3) is 0 Å². The number of hydrogen-bond acceptors (Lipinski definition) is 3. The highest BCUT2D eigenvalue weighted by Gasteiger charge is 2.30. The summed E-state index contributed by atoms with van der Waals surface area (Å²) in [7, 11) is 0. The molecule has 1 unspecified atom stereocenters. The number of nitrogens with one attached hydrogen (secondary N) is 2. The fourth-order valence-electron chi connectivity index (χ4n) is 3.53. The van der Waals surface area contributed by atoms with E-state index in [-0.39, 0.29) is 16.9 Å². The molecule has 0 saturated carbocycles. The first-order valence-electron chi connectivity index (χ1n) is 7.87. The molecular weight excluding hydrogens is 266 g/mol. The second-order valence-corrected chi connectivity index (χ2v) is 6.23. The molecule has 21 heavy (non-hydrogen) atoms. The number of aromatic amines is 1. The van der Waals surface area contributed by atoms with E-state index in [0.717, 1.165) is 38.2 Å². The second-order valence-electron chi connectivity index (χ2n) is 6.23. The topological polar surface area (TPSA) is 65.2 Å². The molecule has 1 atom stereocenters. The molecule has 2 fully saturated rings. The number of likely N-dealkylation sites (tertiary alicyclic amines) is 1. The standard InChI is InChI=1S/C16H23N3O2/c1-11-9-15(20)13(10-18-11)16(21)19-7-4-12(5-8-19)14-3-2-6-17-14/h9-10,12,14,17H,2-8H2,1H3,(H,18,20). The van der Waals surface area contributed by atoms with Crippen LogP contribution in [-0.2, 0) is 0 Å². The maximum absolute atomic E-state index is 12.5. The Kier molecular flexibility index (Phi) is 4.10. The molecule has 1 aromatic heterocycles. The predicted molar refractivity (Wildman–Crippen MR) is 81.5 cm³/mol. The zero-order valence-corrected chi connectivity index (χ0v) is 12.5. The SMILES string of the molecule is Cc1cc(=O)c(C(=O)N2CCC(C3CCCN3)CC2)c[nH]1. The third-order valence-electron chi connectivity index (χ3n) is 4.78. The maximum Gasteiger partial charge on any atom is 0.259 e. The van der Waals surface area contributed by atoms with Gasteiger partial charge in [-0.05, 0) is 45.1 Å². The third-order valence-corrected chi connectivity index (χ3v) is 4.78. The number of hydrogen-bond donors (Lipinski definition) is 2. The predicted octanol–water partition coefficient (Wildman–Crippen LogP) is 1.29. The summed E-state index contributed by atoms with van der Waals surface area (Å²) in [5.74, 6) is 0.543. The number of piperidine rings is 1. The van der Waals surface area contributed by atoms with Crippen LogP contribution in [0.5, 0.6) is 0 Å². The quantitative estimate of drug-likeness (QED) is 0.862. The molecular formula is C16H23N3O2. The first kappa shape index (κ1) is 14.3. The molecule has 114 valence electrons. The van der Waals surface area contributed by atoms with Crippen molar-refractivity contribution in [2.24, 2.45) is 5.92 Å². The van der Waals surface area contributed by atoms with Gasteiger partial charge >= 0.3 is 0 Å². The van der Waals surface area contributed by atoms with Crippen molar-refractivity contribution in [2.45, 2.75) is 38.6 Å². The Morgan fingerprint density at radius 1 is 1.29 bits per heavy atom. The molecule has 0 radical (unpaired) electrons. The Balaban J connectivity index is 1.63. The van der Waals surface area contributed by atoms with Gasteiger partial charge in [-0.25, -0.2) is 0 Å². The smallest absolute Gasteiger partial charge is 0.259 e. The van der Waals surface area contributed by atoms with E-state index in [4.69, 9.17) is 0 Å². The summed E-state index contributed by atoms with van der Waals surface area (Å²) >= 11 is 0. The van der Waals surface area contributed by atoms with Gasteiger partial charge in [-0.3, -0.25) is 9.59 Å². The highest BCUT2D eigenvalue weighted by atomic mass is 16.2. The van der Waals surface area contributed by atoms with Gasteiger partial charge in [-0.15, -0.1) is 0 Å². The summed E-state index contributed by atoms with van der Waals surface area (Å²) < 4.78 is 0. The first-order chi connectivity index (χ1) is 10.1. The minimum absolute atomic E-state index is 0.130. The number of nitrogens with zero attached hydrogens (tertiary/aromatic N) is 1. The van der Waals surface area contributed by atoms with E-state index in [1.54, 1.807) is 6.20 Å². The van der Waals surface area contributed by atoms with Crippen molar-refractivity contribution in [2.75, 3.05) is 19.6 Å². The van der Waals surface area contributed by atoms with Crippen molar-refractivity contribution in [3.8, 4) is 0 Å². The molecule has 5 heteroatoms. The molecule has 0 spiro atoms. The first-order valence-corrected chi connectivity index (χ1v) is 7.87. The van der Waals surface area contributed by atoms with E-state index < -0.39 is 0 Å². The molecule has 1 amide bonds. The number of amides is 1. The van der Waals surface area contributed by atoms with E-state index in [2.05, 4.69) is 10.3 Å². The van der Waals surface area contributed by atoms with Gasteiger partial charge in [0.1, 0.15) is 5.56 Å². The van der Waals surface area contributed by atoms with Crippen LogP contribution in [0, 0.1) is 12.8 Å². The number of pyridine rings is 1. The van der Waals surface area contributed by atoms with Gasteiger partial charge in [-0.1, -0.05) is 0 Å². The summed E-state index contributed by atoms with van der Waals surface area (Å²) in [6.45, 7) is 4.46. The van der Waals surface area contributed by atoms with E-state index in [1.165, 1.54) is 18.9 Å². The molecule has 2 aliphatic heterocycles. The molecule has 0 bridgehead atoms. The molecule has 2 saturated heterocycles. The zero-order chi connectivity index (χ0) is 14.8.